The average molecular weight is 365 g/mol. The minimum atomic E-state index is -1.18. The van der Waals surface area contributed by atoms with E-state index in [0.717, 1.165) is 18.2 Å². The lowest BCUT2D eigenvalue weighted by Gasteiger charge is -2.09. The van der Waals surface area contributed by atoms with Crippen molar-refractivity contribution in [1.29, 1.82) is 0 Å². The van der Waals surface area contributed by atoms with Crippen LogP contribution in [0.15, 0.2) is 34.8 Å². The van der Waals surface area contributed by atoms with Crippen molar-refractivity contribution in [2.24, 2.45) is 0 Å². The standard InChI is InChI=1S/C12H5BrClF2NO3/c13-6-3-9(15)12(16)11(4-6)20-10-2-1-7(17(18)19)5-8(10)14/h1-5H. The second kappa shape index (κ2) is 5.72. The van der Waals surface area contributed by atoms with Crippen molar-refractivity contribution >= 4 is 33.2 Å². The van der Waals surface area contributed by atoms with Gasteiger partial charge in [-0.05, 0) is 18.2 Å². The third-order valence-corrected chi connectivity index (χ3v) is 3.06. The SMILES string of the molecule is O=[N+]([O-])c1ccc(Oc2cc(Br)cc(F)c2F)c(Cl)c1. The molecular weight excluding hydrogens is 359 g/mol. The predicted octanol–water partition coefficient (Wildman–Crippen LogP) is 5.08. The molecule has 0 unspecified atom stereocenters. The summed E-state index contributed by atoms with van der Waals surface area (Å²) < 4.78 is 32.2. The molecule has 0 saturated heterocycles. The van der Waals surface area contributed by atoms with Gasteiger partial charge in [0.25, 0.3) is 5.69 Å². The summed E-state index contributed by atoms with van der Waals surface area (Å²) in [4.78, 5) is 9.93. The van der Waals surface area contributed by atoms with Gasteiger partial charge in [0.05, 0.1) is 9.95 Å². The fourth-order valence-corrected chi connectivity index (χ4v) is 2.03. The van der Waals surface area contributed by atoms with Gasteiger partial charge in [0, 0.05) is 16.6 Å². The predicted molar refractivity (Wildman–Crippen MR) is 72.2 cm³/mol. The highest BCUT2D eigenvalue weighted by Gasteiger charge is 2.15. The van der Waals surface area contributed by atoms with Crippen LogP contribution in [0.1, 0.15) is 0 Å². The van der Waals surface area contributed by atoms with Gasteiger partial charge in [0.1, 0.15) is 5.75 Å². The number of hydrogen-bond acceptors (Lipinski definition) is 3. The molecule has 8 heteroatoms. The number of hydrogen-bond donors (Lipinski definition) is 0. The summed E-state index contributed by atoms with van der Waals surface area (Å²) in [5.74, 6) is -2.67. The molecule has 4 nitrogen and oxygen atoms in total. The second-order valence-corrected chi connectivity index (χ2v) is 5.00. The molecule has 0 aromatic heterocycles. The van der Waals surface area contributed by atoms with E-state index >= 15 is 0 Å². The first kappa shape index (κ1) is 14.7. The number of halogens is 4. The van der Waals surface area contributed by atoms with Gasteiger partial charge in [-0.3, -0.25) is 10.1 Å². The number of ether oxygens (including phenoxy) is 1. The molecule has 0 aliphatic rings. The Balaban J connectivity index is 2.38. The largest absolute Gasteiger partial charge is 0.453 e. The molecule has 0 radical (unpaired) electrons. The molecule has 0 bridgehead atoms. The molecule has 20 heavy (non-hydrogen) atoms. The fourth-order valence-electron chi connectivity index (χ4n) is 1.41. The quantitative estimate of drug-likeness (QED) is 0.433. The van der Waals surface area contributed by atoms with Crippen molar-refractivity contribution < 1.29 is 18.4 Å². The van der Waals surface area contributed by atoms with Gasteiger partial charge >= 0.3 is 0 Å². The highest BCUT2D eigenvalue weighted by Crippen LogP contribution is 2.35. The van der Waals surface area contributed by atoms with Crippen molar-refractivity contribution in [2.75, 3.05) is 0 Å². The maximum absolute atomic E-state index is 13.5. The Bertz CT molecular complexity index is 697. The maximum Gasteiger partial charge on any atom is 0.271 e. The lowest BCUT2D eigenvalue weighted by atomic mass is 10.3. The minimum absolute atomic E-state index is 0.0198. The van der Waals surface area contributed by atoms with Crippen LogP contribution in [0.4, 0.5) is 14.5 Å². The van der Waals surface area contributed by atoms with Crippen LogP contribution in [0.25, 0.3) is 0 Å². The zero-order valence-electron chi connectivity index (χ0n) is 9.57. The van der Waals surface area contributed by atoms with Crippen LogP contribution in [0.5, 0.6) is 11.5 Å². The zero-order valence-corrected chi connectivity index (χ0v) is 11.9. The molecule has 0 N–H and O–H groups in total. The Morgan fingerprint density at radius 2 is 1.90 bits per heavy atom. The Morgan fingerprint density at radius 3 is 2.50 bits per heavy atom. The van der Waals surface area contributed by atoms with Crippen LogP contribution < -0.4 is 4.74 Å². The smallest absolute Gasteiger partial charge is 0.271 e. The number of nitrogens with zero attached hydrogens (tertiary/aromatic N) is 1. The first-order valence-electron chi connectivity index (χ1n) is 5.15. The summed E-state index contributed by atoms with van der Waals surface area (Å²) in [6.07, 6.45) is 0. The summed E-state index contributed by atoms with van der Waals surface area (Å²) in [7, 11) is 0. The van der Waals surface area contributed by atoms with Crippen LogP contribution in [0.2, 0.25) is 5.02 Å². The Morgan fingerprint density at radius 1 is 1.20 bits per heavy atom. The molecule has 0 saturated carbocycles. The van der Waals surface area contributed by atoms with E-state index in [9.17, 15) is 18.9 Å². The monoisotopic (exact) mass is 363 g/mol. The normalized spacial score (nSPS) is 10.4. The molecule has 0 aliphatic heterocycles. The van der Waals surface area contributed by atoms with Gasteiger partial charge in [0.15, 0.2) is 11.6 Å². The van der Waals surface area contributed by atoms with Gasteiger partial charge < -0.3 is 4.74 Å². The highest BCUT2D eigenvalue weighted by molar-refractivity contribution is 9.10. The van der Waals surface area contributed by atoms with Crippen molar-refractivity contribution in [3.05, 3.63) is 61.6 Å². The number of rotatable bonds is 3. The lowest BCUT2D eigenvalue weighted by molar-refractivity contribution is -0.384. The van der Waals surface area contributed by atoms with Crippen molar-refractivity contribution in [3.63, 3.8) is 0 Å². The summed E-state index contributed by atoms with van der Waals surface area (Å²) in [5, 5.41) is 10.5. The van der Waals surface area contributed by atoms with E-state index < -0.39 is 16.6 Å². The van der Waals surface area contributed by atoms with Crippen LogP contribution in [0, 0.1) is 21.7 Å². The van der Waals surface area contributed by atoms with Gasteiger partial charge in [-0.25, -0.2) is 4.39 Å². The number of nitro groups is 1. The molecule has 0 aliphatic carbocycles. The summed E-state index contributed by atoms with van der Waals surface area (Å²) in [5.41, 5.74) is -0.233. The molecule has 0 atom stereocenters. The van der Waals surface area contributed by atoms with E-state index in [1.807, 2.05) is 0 Å². The third kappa shape index (κ3) is 3.05. The van der Waals surface area contributed by atoms with Gasteiger partial charge in [-0.2, -0.15) is 4.39 Å². The first-order valence-corrected chi connectivity index (χ1v) is 6.32. The maximum atomic E-state index is 13.5. The van der Waals surface area contributed by atoms with E-state index in [0.29, 0.717) is 0 Å². The zero-order chi connectivity index (χ0) is 14.9. The lowest BCUT2D eigenvalue weighted by Crippen LogP contribution is -1.94. The average Bonchev–Trinajstić information content (AvgIpc) is 2.37. The Labute approximate surface area is 125 Å². The molecule has 2 aromatic carbocycles. The summed E-state index contributed by atoms with van der Waals surface area (Å²) >= 11 is 8.80. The number of non-ortho nitro benzene ring substituents is 1. The second-order valence-electron chi connectivity index (χ2n) is 3.67. The van der Waals surface area contributed by atoms with Crippen molar-refractivity contribution in [3.8, 4) is 11.5 Å². The highest BCUT2D eigenvalue weighted by atomic mass is 79.9. The van der Waals surface area contributed by atoms with E-state index in [4.69, 9.17) is 16.3 Å². The molecule has 0 spiro atoms. The molecule has 0 amide bonds. The first-order chi connectivity index (χ1) is 9.38. The number of benzene rings is 2. The van der Waals surface area contributed by atoms with E-state index in [1.165, 1.54) is 12.1 Å². The molecule has 0 fully saturated rings. The van der Waals surface area contributed by atoms with Crippen molar-refractivity contribution in [2.45, 2.75) is 0 Å². The van der Waals surface area contributed by atoms with Crippen molar-refractivity contribution in [1.82, 2.24) is 0 Å². The van der Waals surface area contributed by atoms with Crippen LogP contribution >= 0.6 is 27.5 Å². The molecule has 0 heterocycles. The van der Waals surface area contributed by atoms with E-state index in [1.54, 1.807) is 0 Å². The minimum Gasteiger partial charge on any atom is -0.453 e. The van der Waals surface area contributed by atoms with Gasteiger partial charge in [-0.1, -0.05) is 27.5 Å². The summed E-state index contributed by atoms with van der Waals surface area (Å²) in [6.45, 7) is 0. The van der Waals surface area contributed by atoms with E-state index in [2.05, 4.69) is 15.9 Å². The van der Waals surface area contributed by atoms with Gasteiger partial charge in [-0.15, -0.1) is 0 Å². The fraction of sp³-hybridized carbons (Fsp3) is 0. The topological polar surface area (TPSA) is 52.4 Å². The summed E-state index contributed by atoms with van der Waals surface area (Å²) in [6, 6.07) is 5.57. The van der Waals surface area contributed by atoms with Crippen LogP contribution in [0.3, 0.4) is 0 Å². The molecule has 104 valence electrons. The molecule has 2 rings (SSSR count). The van der Waals surface area contributed by atoms with Crippen LogP contribution in [-0.4, -0.2) is 4.92 Å². The van der Waals surface area contributed by atoms with Crippen LogP contribution in [-0.2, 0) is 0 Å². The number of nitro benzene ring substituents is 1. The molecular formula is C12H5BrClF2NO3. The Kier molecular flexibility index (Phi) is 4.20. The van der Waals surface area contributed by atoms with Gasteiger partial charge in [0.2, 0.25) is 5.82 Å². The Hall–Kier alpha value is -1.73. The third-order valence-electron chi connectivity index (χ3n) is 2.31. The van der Waals surface area contributed by atoms with E-state index in [-0.39, 0.29) is 26.7 Å². The molecule has 2 aromatic rings.